The number of carbonyl (C=O) groups excluding carboxylic acids is 2. The van der Waals surface area contributed by atoms with Gasteiger partial charge in [-0.2, -0.15) is 0 Å². The topological polar surface area (TPSA) is 73.4 Å². The predicted octanol–water partition coefficient (Wildman–Crippen LogP) is 6.61. The van der Waals surface area contributed by atoms with Gasteiger partial charge in [-0.05, 0) is 59.4 Å². The number of hydrogen-bond donors (Lipinski definition) is 2. The maximum absolute atomic E-state index is 13.3. The molecule has 0 saturated carbocycles. The molecular weight excluding hydrogens is 472 g/mol. The number of aliphatic hydroxyl groups is 1. The number of Topliss-reactive ketones (excluding diaryl/α,β-unsaturated/α-hetero) is 1. The molecular formula is C30H27ClN2O3. The van der Waals surface area contributed by atoms with E-state index in [4.69, 9.17) is 11.6 Å². The van der Waals surface area contributed by atoms with E-state index in [9.17, 15) is 14.7 Å². The fraction of sp³-hybridized carbons (Fsp3) is 0.200. The lowest BCUT2D eigenvalue weighted by Crippen LogP contribution is -2.31. The molecule has 1 saturated heterocycles. The Morgan fingerprint density at radius 3 is 2.39 bits per heavy atom. The van der Waals surface area contributed by atoms with E-state index in [0.29, 0.717) is 29.5 Å². The average molecular weight is 499 g/mol. The third-order valence-electron chi connectivity index (χ3n) is 6.87. The second-order valence-corrected chi connectivity index (χ2v) is 9.87. The van der Waals surface area contributed by atoms with Crippen molar-refractivity contribution in [2.24, 2.45) is 0 Å². The van der Waals surface area contributed by atoms with Gasteiger partial charge in [0, 0.05) is 34.2 Å². The number of ketones is 1. The molecule has 5 rings (SSSR count). The van der Waals surface area contributed by atoms with Gasteiger partial charge in [-0.15, -0.1) is 0 Å². The minimum absolute atomic E-state index is 0.0959. The molecule has 182 valence electrons. The van der Waals surface area contributed by atoms with Crippen molar-refractivity contribution in [2.75, 3.05) is 6.54 Å². The molecule has 1 unspecified atom stereocenters. The lowest BCUT2D eigenvalue weighted by Gasteiger charge is -2.25. The zero-order valence-electron chi connectivity index (χ0n) is 20.2. The van der Waals surface area contributed by atoms with Crippen LogP contribution >= 0.6 is 11.6 Å². The average Bonchev–Trinajstić information content (AvgIpc) is 3.41. The van der Waals surface area contributed by atoms with E-state index < -0.39 is 17.7 Å². The van der Waals surface area contributed by atoms with Crippen molar-refractivity contribution < 1.29 is 14.7 Å². The SMILES string of the molecule is CC(C)c1ccc(C2/C(=C(\O)c3ccc(Cl)cc3)C(=O)C(=O)N2CCc2c[nH]c3ccccc23)cc1. The largest absolute Gasteiger partial charge is 0.507 e. The number of benzene rings is 3. The highest BCUT2D eigenvalue weighted by molar-refractivity contribution is 6.46. The highest BCUT2D eigenvalue weighted by Gasteiger charge is 2.45. The van der Waals surface area contributed by atoms with Crippen molar-refractivity contribution in [1.29, 1.82) is 0 Å². The second-order valence-electron chi connectivity index (χ2n) is 9.43. The summed E-state index contributed by atoms with van der Waals surface area (Å²) < 4.78 is 0. The third-order valence-corrected chi connectivity index (χ3v) is 7.13. The molecule has 2 heterocycles. The van der Waals surface area contributed by atoms with Gasteiger partial charge in [0.25, 0.3) is 11.7 Å². The lowest BCUT2D eigenvalue weighted by atomic mass is 9.93. The molecule has 2 N–H and O–H groups in total. The van der Waals surface area contributed by atoms with E-state index in [0.717, 1.165) is 27.6 Å². The minimum atomic E-state index is -0.688. The molecule has 0 spiro atoms. The molecule has 1 aromatic heterocycles. The Morgan fingerprint density at radius 1 is 1.00 bits per heavy atom. The normalized spacial score (nSPS) is 17.4. The first kappa shape index (κ1) is 23.9. The smallest absolute Gasteiger partial charge is 0.295 e. The fourth-order valence-corrected chi connectivity index (χ4v) is 4.99. The molecule has 1 aliphatic heterocycles. The number of nitrogens with zero attached hydrogens (tertiary/aromatic N) is 1. The number of rotatable bonds is 6. The number of hydrogen-bond acceptors (Lipinski definition) is 3. The molecule has 1 fully saturated rings. The summed E-state index contributed by atoms with van der Waals surface area (Å²) in [5.74, 6) is -1.14. The number of likely N-dealkylation sites (tertiary alicyclic amines) is 1. The van der Waals surface area contributed by atoms with Crippen LogP contribution in [0, 0.1) is 0 Å². The number of amides is 1. The van der Waals surface area contributed by atoms with Crippen LogP contribution in [0.5, 0.6) is 0 Å². The number of aromatic amines is 1. The van der Waals surface area contributed by atoms with E-state index in [1.807, 2.05) is 54.7 Å². The second kappa shape index (κ2) is 9.67. The molecule has 5 nitrogen and oxygen atoms in total. The number of carbonyl (C=O) groups is 2. The Labute approximate surface area is 215 Å². The summed E-state index contributed by atoms with van der Waals surface area (Å²) in [4.78, 5) is 31.4. The monoisotopic (exact) mass is 498 g/mol. The zero-order valence-corrected chi connectivity index (χ0v) is 20.9. The van der Waals surface area contributed by atoms with Crippen LogP contribution in [-0.4, -0.2) is 33.2 Å². The van der Waals surface area contributed by atoms with Crippen LogP contribution < -0.4 is 0 Å². The van der Waals surface area contributed by atoms with Crippen molar-refractivity contribution in [3.05, 3.63) is 112 Å². The first-order valence-corrected chi connectivity index (χ1v) is 12.4. The summed E-state index contributed by atoms with van der Waals surface area (Å²) >= 11 is 6.02. The van der Waals surface area contributed by atoms with Gasteiger partial charge in [0.2, 0.25) is 0 Å². The third kappa shape index (κ3) is 4.31. The van der Waals surface area contributed by atoms with E-state index in [-0.39, 0.29) is 11.3 Å². The Balaban J connectivity index is 1.56. The molecule has 0 radical (unpaired) electrons. The zero-order chi connectivity index (χ0) is 25.4. The van der Waals surface area contributed by atoms with Crippen molar-refractivity contribution >= 4 is 40.0 Å². The number of fused-ring (bicyclic) bond motifs is 1. The van der Waals surface area contributed by atoms with Crippen LogP contribution in [0.1, 0.15) is 48.1 Å². The molecule has 1 atom stereocenters. The van der Waals surface area contributed by atoms with E-state index in [1.54, 1.807) is 29.2 Å². The van der Waals surface area contributed by atoms with Crippen LogP contribution in [-0.2, 0) is 16.0 Å². The fourth-order valence-electron chi connectivity index (χ4n) is 4.86. The van der Waals surface area contributed by atoms with Gasteiger partial charge in [0.1, 0.15) is 5.76 Å². The van der Waals surface area contributed by atoms with Crippen LogP contribution in [0.25, 0.3) is 16.7 Å². The van der Waals surface area contributed by atoms with Gasteiger partial charge in [0.15, 0.2) is 0 Å². The van der Waals surface area contributed by atoms with Crippen LogP contribution in [0.3, 0.4) is 0 Å². The number of aliphatic hydroxyl groups excluding tert-OH is 1. The molecule has 0 bridgehead atoms. The van der Waals surface area contributed by atoms with Gasteiger partial charge in [-0.1, -0.05) is 67.9 Å². The summed E-state index contributed by atoms with van der Waals surface area (Å²) in [6, 6.07) is 21.8. The first-order valence-electron chi connectivity index (χ1n) is 12.0. The van der Waals surface area contributed by atoms with E-state index >= 15 is 0 Å². The maximum atomic E-state index is 13.3. The molecule has 36 heavy (non-hydrogen) atoms. The number of halogens is 1. The maximum Gasteiger partial charge on any atom is 0.295 e. The first-order chi connectivity index (χ1) is 17.3. The van der Waals surface area contributed by atoms with Gasteiger partial charge >= 0.3 is 0 Å². The highest BCUT2D eigenvalue weighted by atomic mass is 35.5. The standard InChI is InChI=1S/C30H27ClN2O3/c1-18(2)19-7-9-20(10-8-19)27-26(28(34)21-11-13-23(31)14-12-21)29(35)30(36)33(27)16-15-22-17-32-25-6-4-3-5-24(22)25/h3-14,17-18,27,32,34H,15-16H2,1-2H3/b28-26+. The Bertz CT molecular complexity index is 1470. The van der Waals surface area contributed by atoms with Crippen molar-refractivity contribution in [3.8, 4) is 0 Å². The predicted molar refractivity (Wildman–Crippen MR) is 143 cm³/mol. The molecule has 6 heteroatoms. The van der Waals surface area contributed by atoms with Gasteiger partial charge in [0.05, 0.1) is 11.6 Å². The van der Waals surface area contributed by atoms with Crippen molar-refractivity contribution in [3.63, 3.8) is 0 Å². The number of para-hydroxylation sites is 1. The Hall–Kier alpha value is -3.83. The molecule has 1 amide bonds. The Kier molecular flexibility index (Phi) is 6.42. The van der Waals surface area contributed by atoms with E-state index in [2.05, 4.69) is 18.8 Å². The van der Waals surface area contributed by atoms with Gasteiger partial charge in [-0.3, -0.25) is 9.59 Å². The molecule has 4 aromatic rings. The molecule has 3 aromatic carbocycles. The number of aromatic nitrogens is 1. The van der Waals surface area contributed by atoms with Gasteiger partial charge in [-0.25, -0.2) is 0 Å². The van der Waals surface area contributed by atoms with Crippen molar-refractivity contribution in [2.45, 2.75) is 32.2 Å². The van der Waals surface area contributed by atoms with Crippen LogP contribution in [0.2, 0.25) is 5.02 Å². The summed E-state index contributed by atoms with van der Waals surface area (Å²) in [6.07, 6.45) is 2.51. The minimum Gasteiger partial charge on any atom is -0.507 e. The van der Waals surface area contributed by atoms with E-state index in [1.165, 1.54) is 0 Å². The van der Waals surface area contributed by atoms with Gasteiger partial charge < -0.3 is 15.0 Å². The number of nitrogens with one attached hydrogen (secondary N) is 1. The highest BCUT2D eigenvalue weighted by Crippen LogP contribution is 2.40. The molecule has 0 aliphatic carbocycles. The number of H-pyrrole nitrogens is 1. The Morgan fingerprint density at radius 2 is 1.69 bits per heavy atom. The molecule has 1 aliphatic rings. The van der Waals surface area contributed by atoms with Crippen LogP contribution in [0.15, 0.2) is 84.6 Å². The quantitative estimate of drug-likeness (QED) is 0.178. The summed E-state index contributed by atoms with van der Waals surface area (Å²) in [7, 11) is 0. The lowest BCUT2D eigenvalue weighted by molar-refractivity contribution is -0.139. The van der Waals surface area contributed by atoms with Crippen LogP contribution in [0.4, 0.5) is 0 Å². The summed E-state index contributed by atoms with van der Waals surface area (Å²) in [6.45, 7) is 4.56. The summed E-state index contributed by atoms with van der Waals surface area (Å²) in [5.41, 5.74) is 4.58. The summed E-state index contributed by atoms with van der Waals surface area (Å²) in [5, 5.41) is 12.8. The van der Waals surface area contributed by atoms with Crippen molar-refractivity contribution in [1.82, 2.24) is 9.88 Å².